The first-order valence-corrected chi connectivity index (χ1v) is 6.32. The minimum Gasteiger partial charge on any atom is -0.395 e. The highest BCUT2D eigenvalue weighted by atomic mass is 16.5. The van der Waals surface area contributed by atoms with Crippen LogP contribution >= 0.6 is 0 Å². The van der Waals surface area contributed by atoms with E-state index in [1.807, 2.05) is 0 Å². The highest BCUT2D eigenvalue weighted by Crippen LogP contribution is 2.20. The molecule has 0 amide bonds. The lowest BCUT2D eigenvalue weighted by molar-refractivity contribution is 0.0380. The summed E-state index contributed by atoms with van der Waals surface area (Å²) in [4.78, 5) is 2.33. The van der Waals surface area contributed by atoms with Gasteiger partial charge in [-0.25, -0.2) is 0 Å². The Morgan fingerprint density at radius 1 is 1.56 bits per heavy atom. The van der Waals surface area contributed by atoms with Crippen molar-refractivity contribution in [1.29, 1.82) is 0 Å². The summed E-state index contributed by atoms with van der Waals surface area (Å²) in [5.41, 5.74) is 6.05. The van der Waals surface area contributed by atoms with E-state index in [0.29, 0.717) is 5.92 Å². The molecule has 4 heteroatoms. The Morgan fingerprint density at radius 2 is 2.31 bits per heavy atom. The number of rotatable bonds is 6. The van der Waals surface area contributed by atoms with Crippen molar-refractivity contribution in [3.8, 4) is 0 Å². The van der Waals surface area contributed by atoms with Gasteiger partial charge in [0.25, 0.3) is 0 Å². The Bertz CT molecular complexity index is 188. The summed E-state index contributed by atoms with van der Waals surface area (Å²) < 4.78 is 5.21. The molecule has 0 radical (unpaired) electrons. The summed E-state index contributed by atoms with van der Waals surface area (Å²) in [6.07, 6.45) is 3.32. The molecule has 3 atom stereocenters. The van der Waals surface area contributed by atoms with Crippen LogP contribution in [0, 0.1) is 5.92 Å². The lowest BCUT2D eigenvalue weighted by Gasteiger charge is -2.39. The summed E-state index contributed by atoms with van der Waals surface area (Å²) in [5, 5.41) is 9.44. The van der Waals surface area contributed by atoms with Crippen molar-refractivity contribution in [2.45, 2.75) is 38.3 Å². The van der Waals surface area contributed by atoms with Crippen LogP contribution in [0.2, 0.25) is 0 Å². The van der Waals surface area contributed by atoms with Gasteiger partial charge in [-0.1, -0.05) is 6.92 Å². The fourth-order valence-corrected chi connectivity index (χ4v) is 2.56. The normalized spacial score (nSPS) is 26.6. The van der Waals surface area contributed by atoms with Crippen molar-refractivity contribution in [3.05, 3.63) is 0 Å². The van der Waals surface area contributed by atoms with Gasteiger partial charge in [-0.3, -0.25) is 4.90 Å². The van der Waals surface area contributed by atoms with E-state index in [1.54, 1.807) is 7.11 Å². The zero-order valence-corrected chi connectivity index (χ0v) is 10.6. The van der Waals surface area contributed by atoms with Crippen LogP contribution < -0.4 is 5.73 Å². The van der Waals surface area contributed by atoms with E-state index in [0.717, 1.165) is 26.1 Å². The molecular weight excluding hydrogens is 204 g/mol. The van der Waals surface area contributed by atoms with Crippen LogP contribution in [0.1, 0.15) is 26.2 Å². The molecule has 0 aromatic carbocycles. The maximum Gasteiger partial charge on any atom is 0.0601 e. The maximum absolute atomic E-state index is 9.44. The Balaban J connectivity index is 2.49. The van der Waals surface area contributed by atoms with Crippen LogP contribution in [0.5, 0.6) is 0 Å². The highest BCUT2D eigenvalue weighted by Gasteiger charge is 2.28. The van der Waals surface area contributed by atoms with Crippen LogP contribution in [-0.4, -0.2) is 55.5 Å². The number of aliphatic hydroxyl groups excluding tert-OH is 1. The van der Waals surface area contributed by atoms with Crippen molar-refractivity contribution < 1.29 is 9.84 Å². The molecule has 0 aliphatic carbocycles. The van der Waals surface area contributed by atoms with Gasteiger partial charge in [-0.15, -0.1) is 0 Å². The van der Waals surface area contributed by atoms with Gasteiger partial charge in [-0.05, 0) is 31.7 Å². The number of likely N-dealkylation sites (tertiary alicyclic amines) is 1. The topological polar surface area (TPSA) is 58.7 Å². The van der Waals surface area contributed by atoms with Gasteiger partial charge < -0.3 is 15.6 Å². The van der Waals surface area contributed by atoms with Gasteiger partial charge in [0.1, 0.15) is 0 Å². The zero-order chi connectivity index (χ0) is 12.0. The van der Waals surface area contributed by atoms with Gasteiger partial charge >= 0.3 is 0 Å². The molecule has 3 N–H and O–H groups in total. The van der Waals surface area contributed by atoms with Crippen LogP contribution in [-0.2, 0) is 4.74 Å². The average molecular weight is 230 g/mol. The van der Waals surface area contributed by atoms with E-state index in [1.165, 1.54) is 12.8 Å². The molecule has 16 heavy (non-hydrogen) atoms. The molecule has 1 aliphatic heterocycles. The number of methoxy groups -OCH3 is 1. The number of aliphatic hydroxyl groups is 1. The third-order valence-corrected chi connectivity index (χ3v) is 3.57. The molecule has 0 bridgehead atoms. The smallest absolute Gasteiger partial charge is 0.0601 e. The summed E-state index contributed by atoms with van der Waals surface area (Å²) >= 11 is 0. The molecule has 1 saturated heterocycles. The summed E-state index contributed by atoms with van der Waals surface area (Å²) in [6.45, 7) is 5.11. The van der Waals surface area contributed by atoms with Crippen molar-refractivity contribution in [2.24, 2.45) is 11.7 Å². The zero-order valence-electron chi connectivity index (χ0n) is 10.6. The summed E-state index contributed by atoms with van der Waals surface area (Å²) in [7, 11) is 1.75. The molecule has 1 rings (SSSR count). The molecule has 0 aromatic rings. The molecule has 1 heterocycles. The van der Waals surface area contributed by atoms with E-state index in [-0.39, 0.29) is 18.7 Å². The monoisotopic (exact) mass is 230 g/mol. The van der Waals surface area contributed by atoms with E-state index in [9.17, 15) is 5.11 Å². The number of hydrogen-bond acceptors (Lipinski definition) is 4. The van der Waals surface area contributed by atoms with Crippen LogP contribution in [0.15, 0.2) is 0 Å². The number of nitrogens with two attached hydrogens (primary N) is 1. The second-order valence-electron chi connectivity index (χ2n) is 4.78. The van der Waals surface area contributed by atoms with Gasteiger partial charge in [0.15, 0.2) is 0 Å². The quantitative estimate of drug-likeness (QED) is 0.695. The maximum atomic E-state index is 9.44. The number of hydrogen-bond donors (Lipinski definition) is 2. The number of ether oxygens (including phenoxy) is 1. The highest BCUT2D eigenvalue weighted by molar-refractivity contribution is 4.84. The van der Waals surface area contributed by atoms with Crippen LogP contribution in [0.3, 0.4) is 0 Å². The standard InChI is InChI=1S/C12H26N2O2/c1-3-11(13)12(8-15)14-6-4-5-10(7-14)9-16-2/h10-12,15H,3-9,13H2,1-2H3. The van der Waals surface area contributed by atoms with Gasteiger partial charge in [0.05, 0.1) is 13.2 Å². The van der Waals surface area contributed by atoms with Crippen LogP contribution in [0.4, 0.5) is 0 Å². The minimum atomic E-state index is 0.0753. The molecule has 1 fully saturated rings. The molecule has 0 aromatic heterocycles. The Hall–Kier alpha value is -0.160. The summed E-state index contributed by atoms with van der Waals surface area (Å²) in [6, 6.07) is 0.191. The lowest BCUT2D eigenvalue weighted by atomic mass is 9.95. The Morgan fingerprint density at radius 3 is 2.88 bits per heavy atom. The second kappa shape index (κ2) is 7.22. The predicted octanol–water partition coefficient (Wildman–Crippen LogP) is 0.443. The van der Waals surface area contributed by atoms with E-state index >= 15 is 0 Å². The first kappa shape index (κ1) is 13.9. The minimum absolute atomic E-state index is 0.0753. The molecule has 3 unspecified atom stereocenters. The van der Waals surface area contributed by atoms with Gasteiger partial charge in [0, 0.05) is 25.7 Å². The van der Waals surface area contributed by atoms with E-state index in [4.69, 9.17) is 10.5 Å². The SMILES string of the molecule is CCC(N)C(CO)N1CCCC(COC)C1. The molecule has 0 spiro atoms. The Labute approximate surface area is 98.8 Å². The van der Waals surface area contributed by atoms with Crippen molar-refractivity contribution >= 4 is 0 Å². The van der Waals surface area contributed by atoms with Crippen molar-refractivity contribution in [3.63, 3.8) is 0 Å². The van der Waals surface area contributed by atoms with Crippen LogP contribution in [0.25, 0.3) is 0 Å². The van der Waals surface area contributed by atoms with E-state index < -0.39 is 0 Å². The molecular formula is C12H26N2O2. The molecule has 96 valence electrons. The second-order valence-corrected chi connectivity index (χ2v) is 4.78. The van der Waals surface area contributed by atoms with E-state index in [2.05, 4.69) is 11.8 Å². The van der Waals surface area contributed by atoms with Crippen molar-refractivity contribution in [1.82, 2.24) is 4.90 Å². The fourth-order valence-electron chi connectivity index (χ4n) is 2.56. The number of piperidine rings is 1. The largest absolute Gasteiger partial charge is 0.395 e. The summed E-state index contributed by atoms with van der Waals surface area (Å²) in [5.74, 6) is 0.594. The average Bonchev–Trinajstić information content (AvgIpc) is 2.31. The molecule has 1 aliphatic rings. The Kier molecular flexibility index (Phi) is 6.28. The molecule has 0 saturated carbocycles. The third-order valence-electron chi connectivity index (χ3n) is 3.57. The lowest BCUT2D eigenvalue weighted by Crippen LogP contribution is -2.53. The first-order valence-electron chi connectivity index (χ1n) is 6.32. The fraction of sp³-hybridized carbons (Fsp3) is 1.00. The van der Waals surface area contributed by atoms with Gasteiger partial charge in [0.2, 0.25) is 0 Å². The van der Waals surface area contributed by atoms with Crippen molar-refractivity contribution in [2.75, 3.05) is 33.4 Å². The van der Waals surface area contributed by atoms with Gasteiger partial charge in [-0.2, -0.15) is 0 Å². The predicted molar refractivity (Wildman–Crippen MR) is 65.3 cm³/mol. The first-order chi connectivity index (χ1) is 7.72. The molecule has 4 nitrogen and oxygen atoms in total. The number of nitrogens with zero attached hydrogens (tertiary/aromatic N) is 1. The third kappa shape index (κ3) is 3.70.